The van der Waals surface area contributed by atoms with Crippen LogP contribution < -0.4 is 5.32 Å². The smallest absolute Gasteiger partial charge is 0.226 e. The van der Waals surface area contributed by atoms with Crippen molar-refractivity contribution in [2.75, 3.05) is 26.7 Å². The van der Waals surface area contributed by atoms with Gasteiger partial charge in [0.25, 0.3) is 0 Å². The molecular weight excluding hydrogens is 258 g/mol. The van der Waals surface area contributed by atoms with Crippen LogP contribution in [0.25, 0.3) is 0 Å². The van der Waals surface area contributed by atoms with E-state index in [1.807, 2.05) is 12.4 Å². The highest BCUT2D eigenvalue weighted by Gasteiger charge is 2.07. The minimum absolute atomic E-state index is 0.0185. The molecule has 0 radical (unpaired) electrons. The minimum atomic E-state index is 0.0185. The lowest BCUT2D eigenvalue weighted by molar-refractivity contribution is -0.120. The first-order valence-electron chi connectivity index (χ1n) is 5.60. The van der Waals surface area contributed by atoms with Crippen molar-refractivity contribution in [2.24, 2.45) is 0 Å². The van der Waals surface area contributed by atoms with Gasteiger partial charge in [0.1, 0.15) is 5.01 Å². The molecule has 1 amide bonds. The van der Waals surface area contributed by atoms with Crippen molar-refractivity contribution in [1.29, 1.82) is 0 Å². The third-order valence-electron chi connectivity index (χ3n) is 2.40. The molecule has 1 N–H and O–H groups in total. The van der Waals surface area contributed by atoms with Crippen molar-refractivity contribution in [3.63, 3.8) is 0 Å². The Morgan fingerprint density at radius 2 is 2.41 bits per heavy atom. The van der Waals surface area contributed by atoms with Crippen molar-refractivity contribution in [1.82, 2.24) is 15.2 Å². The number of aromatic nitrogens is 1. The van der Waals surface area contributed by atoms with E-state index in [9.17, 15) is 4.79 Å². The normalized spacial score (nSPS) is 10.8. The van der Waals surface area contributed by atoms with E-state index in [1.165, 1.54) is 11.3 Å². The first-order valence-corrected chi connectivity index (χ1v) is 7.01. The number of nitrogens with zero attached hydrogens (tertiary/aromatic N) is 2. The number of amides is 1. The molecule has 0 unspecified atom stereocenters. The predicted octanol–water partition coefficient (Wildman–Crippen LogP) is 1.49. The van der Waals surface area contributed by atoms with Gasteiger partial charge < -0.3 is 10.2 Å². The number of hydrogen-bond donors (Lipinski definition) is 1. The van der Waals surface area contributed by atoms with Crippen molar-refractivity contribution in [2.45, 2.75) is 19.2 Å². The molecule has 0 atom stereocenters. The highest BCUT2D eigenvalue weighted by molar-refractivity contribution is 7.09. The summed E-state index contributed by atoms with van der Waals surface area (Å²) >= 11 is 7.13. The zero-order valence-electron chi connectivity index (χ0n) is 10.2. The highest BCUT2D eigenvalue weighted by Crippen LogP contribution is 2.11. The number of halogens is 1. The number of hydrogen-bond acceptors (Lipinski definition) is 4. The van der Waals surface area contributed by atoms with E-state index in [2.05, 4.69) is 22.1 Å². The molecule has 0 aliphatic rings. The number of rotatable bonds is 7. The van der Waals surface area contributed by atoms with Crippen LogP contribution in [0.1, 0.15) is 17.6 Å². The van der Waals surface area contributed by atoms with E-state index in [1.54, 1.807) is 0 Å². The molecule has 1 aromatic heterocycles. The number of thiazole rings is 1. The van der Waals surface area contributed by atoms with Crippen LogP contribution in [-0.4, -0.2) is 42.5 Å². The summed E-state index contributed by atoms with van der Waals surface area (Å²) in [4.78, 5) is 18.0. The molecule has 1 rings (SSSR count). The van der Waals surface area contributed by atoms with Crippen LogP contribution in [0.4, 0.5) is 0 Å². The van der Waals surface area contributed by atoms with Crippen LogP contribution in [0.5, 0.6) is 0 Å². The first-order chi connectivity index (χ1) is 8.15. The SMILES string of the molecule is CCN(C)CCNC(=O)Cc1nc(CCl)cs1. The lowest BCUT2D eigenvalue weighted by Crippen LogP contribution is -2.33. The fourth-order valence-corrected chi connectivity index (χ4v) is 2.26. The summed E-state index contributed by atoms with van der Waals surface area (Å²) in [7, 11) is 2.03. The zero-order chi connectivity index (χ0) is 12.7. The van der Waals surface area contributed by atoms with Gasteiger partial charge in [-0.3, -0.25) is 4.79 Å². The minimum Gasteiger partial charge on any atom is -0.354 e. The molecule has 1 aromatic rings. The Kier molecular flexibility index (Phi) is 6.47. The Morgan fingerprint density at radius 3 is 3.00 bits per heavy atom. The Bertz CT molecular complexity index is 356. The molecular formula is C11H18ClN3OS. The molecule has 4 nitrogen and oxygen atoms in total. The molecule has 0 aliphatic heterocycles. The van der Waals surface area contributed by atoms with Crippen LogP contribution >= 0.6 is 22.9 Å². The molecule has 96 valence electrons. The van der Waals surface area contributed by atoms with Gasteiger partial charge in [0.05, 0.1) is 18.0 Å². The molecule has 1 heterocycles. The quantitative estimate of drug-likeness (QED) is 0.767. The molecule has 0 saturated heterocycles. The van der Waals surface area contributed by atoms with Gasteiger partial charge in [0, 0.05) is 18.5 Å². The standard InChI is InChI=1S/C11H18ClN3OS/c1-3-15(2)5-4-13-10(16)6-11-14-9(7-12)8-17-11/h8H,3-7H2,1-2H3,(H,13,16). The summed E-state index contributed by atoms with van der Waals surface area (Å²) in [5, 5.41) is 5.59. The third kappa shape index (κ3) is 5.48. The molecule has 0 aliphatic carbocycles. The maximum absolute atomic E-state index is 11.6. The second-order valence-corrected chi connectivity index (χ2v) is 5.00. The summed E-state index contributed by atoms with van der Waals surface area (Å²) in [6.07, 6.45) is 0.345. The van der Waals surface area contributed by atoms with E-state index in [4.69, 9.17) is 11.6 Å². The van der Waals surface area contributed by atoms with E-state index in [-0.39, 0.29) is 5.91 Å². The molecule has 0 saturated carbocycles. The van der Waals surface area contributed by atoms with Gasteiger partial charge >= 0.3 is 0 Å². The molecule has 0 fully saturated rings. The fraction of sp³-hybridized carbons (Fsp3) is 0.636. The van der Waals surface area contributed by atoms with Crippen LogP contribution in [-0.2, 0) is 17.1 Å². The Labute approximate surface area is 111 Å². The van der Waals surface area contributed by atoms with E-state index < -0.39 is 0 Å². The lowest BCUT2D eigenvalue weighted by atomic mass is 10.4. The monoisotopic (exact) mass is 275 g/mol. The first kappa shape index (κ1) is 14.4. The van der Waals surface area contributed by atoms with Crippen LogP contribution in [0, 0.1) is 0 Å². The summed E-state index contributed by atoms with van der Waals surface area (Å²) in [6, 6.07) is 0. The maximum Gasteiger partial charge on any atom is 0.226 e. The van der Waals surface area contributed by atoms with Gasteiger partial charge in [-0.15, -0.1) is 22.9 Å². The van der Waals surface area contributed by atoms with Crippen LogP contribution in [0.15, 0.2) is 5.38 Å². The van der Waals surface area contributed by atoms with Crippen molar-refractivity contribution < 1.29 is 4.79 Å². The van der Waals surface area contributed by atoms with Gasteiger partial charge in [-0.2, -0.15) is 0 Å². The lowest BCUT2D eigenvalue weighted by Gasteiger charge is -2.13. The number of nitrogens with one attached hydrogen (secondary N) is 1. The highest BCUT2D eigenvalue weighted by atomic mass is 35.5. The average Bonchev–Trinajstić information content (AvgIpc) is 2.76. The van der Waals surface area contributed by atoms with Crippen molar-refractivity contribution in [3.8, 4) is 0 Å². The van der Waals surface area contributed by atoms with Gasteiger partial charge in [-0.25, -0.2) is 4.98 Å². The van der Waals surface area contributed by atoms with E-state index >= 15 is 0 Å². The number of carbonyl (C=O) groups is 1. The third-order valence-corrected chi connectivity index (χ3v) is 3.57. The largest absolute Gasteiger partial charge is 0.354 e. The van der Waals surface area contributed by atoms with E-state index in [0.717, 1.165) is 23.8 Å². The maximum atomic E-state index is 11.6. The van der Waals surface area contributed by atoms with Gasteiger partial charge in [0.2, 0.25) is 5.91 Å². The summed E-state index contributed by atoms with van der Waals surface area (Å²) in [5.41, 5.74) is 0.838. The van der Waals surface area contributed by atoms with Gasteiger partial charge in [0.15, 0.2) is 0 Å². The number of carbonyl (C=O) groups excluding carboxylic acids is 1. The van der Waals surface area contributed by atoms with Crippen molar-refractivity contribution >= 4 is 28.8 Å². The average molecular weight is 276 g/mol. The number of alkyl halides is 1. The van der Waals surface area contributed by atoms with Crippen LogP contribution in [0.2, 0.25) is 0 Å². The van der Waals surface area contributed by atoms with Crippen LogP contribution in [0.3, 0.4) is 0 Å². The predicted molar refractivity (Wildman–Crippen MR) is 71.6 cm³/mol. The van der Waals surface area contributed by atoms with Crippen molar-refractivity contribution in [3.05, 3.63) is 16.1 Å². The second-order valence-electron chi connectivity index (χ2n) is 3.79. The Balaban J connectivity index is 2.25. The van der Waals surface area contributed by atoms with Gasteiger partial charge in [-0.1, -0.05) is 6.92 Å². The molecule has 6 heteroatoms. The molecule has 17 heavy (non-hydrogen) atoms. The van der Waals surface area contributed by atoms with E-state index in [0.29, 0.717) is 18.8 Å². The number of likely N-dealkylation sites (N-methyl/N-ethyl adjacent to an activating group) is 1. The Hall–Kier alpha value is -0.650. The molecule has 0 spiro atoms. The molecule has 0 bridgehead atoms. The summed E-state index contributed by atoms with van der Waals surface area (Å²) < 4.78 is 0. The van der Waals surface area contributed by atoms with Gasteiger partial charge in [-0.05, 0) is 13.6 Å². The summed E-state index contributed by atoms with van der Waals surface area (Å²) in [5.74, 6) is 0.421. The fourth-order valence-electron chi connectivity index (χ4n) is 1.24. The Morgan fingerprint density at radius 1 is 1.65 bits per heavy atom. The topological polar surface area (TPSA) is 45.2 Å². The molecule has 0 aromatic carbocycles. The summed E-state index contributed by atoms with van der Waals surface area (Å²) in [6.45, 7) is 4.62. The second kappa shape index (κ2) is 7.63. The zero-order valence-corrected chi connectivity index (χ0v) is 11.8.